The van der Waals surface area contributed by atoms with Crippen LogP contribution in [0.25, 0.3) is 0 Å². The molecule has 4 N–H and O–H groups in total. The second kappa shape index (κ2) is 8.02. The molecular formula is C17H17FN6O. The molecule has 0 aliphatic rings. The summed E-state index contributed by atoms with van der Waals surface area (Å²) in [6.07, 6.45) is 0. The zero-order valence-corrected chi connectivity index (χ0v) is 13.3. The van der Waals surface area contributed by atoms with Crippen LogP contribution in [0.2, 0.25) is 0 Å². The zero-order valence-electron chi connectivity index (χ0n) is 13.3. The lowest BCUT2D eigenvalue weighted by atomic mass is 10.3. The SMILES string of the molecule is OCCNc1nc(Nc2ccccc2)nc(Nc2ccc(F)cc2)n1. The molecule has 2 aromatic carbocycles. The van der Waals surface area contributed by atoms with E-state index in [2.05, 4.69) is 30.9 Å². The van der Waals surface area contributed by atoms with Crippen molar-refractivity contribution in [1.29, 1.82) is 0 Å². The molecule has 1 heterocycles. The van der Waals surface area contributed by atoms with Crippen LogP contribution >= 0.6 is 0 Å². The van der Waals surface area contributed by atoms with Crippen LogP contribution in [0.5, 0.6) is 0 Å². The number of anilines is 5. The number of nitrogens with one attached hydrogen (secondary N) is 3. The van der Waals surface area contributed by atoms with E-state index >= 15 is 0 Å². The molecule has 0 atom stereocenters. The molecule has 0 aliphatic carbocycles. The smallest absolute Gasteiger partial charge is 0.233 e. The fourth-order valence-corrected chi connectivity index (χ4v) is 2.05. The van der Waals surface area contributed by atoms with Crippen LogP contribution in [0.15, 0.2) is 54.6 Å². The maximum Gasteiger partial charge on any atom is 0.233 e. The Balaban J connectivity index is 1.85. The molecule has 0 saturated heterocycles. The Morgan fingerprint density at radius 3 is 1.92 bits per heavy atom. The number of aliphatic hydroxyl groups is 1. The molecule has 0 fully saturated rings. The van der Waals surface area contributed by atoms with Crippen LogP contribution in [0, 0.1) is 5.82 Å². The van der Waals surface area contributed by atoms with E-state index in [1.807, 2.05) is 30.3 Å². The van der Waals surface area contributed by atoms with E-state index in [1.165, 1.54) is 12.1 Å². The van der Waals surface area contributed by atoms with Crippen molar-refractivity contribution in [3.8, 4) is 0 Å². The van der Waals surface area contributed by atoms with Crippen LogP contribution < -0.4 is 16.0 Å². The van der Waals surface area contributed by atoms with Gasteiger partial charge in [0.05, 0.1) is 6.61 Å². The van der Waals surface area contributed by atoms with E-state index in [4.69, 9.17) is 5.11 Å². The molecule has 128 valence electrons. The molecule has 8 heteroatoms. The Hall–Kier alpha value is -3.26. The van der Waals surface area contributed by atoms with Crippen molar-refractivity contribution in [3.05, 3.63) is 60.4 Å². The summed E-state index contributed by atoms with van der Waals surface area (Å²) in [5.74, 6) is 0.622. The average Bonchev–Trinajstić information content (AvgIpc) is 2.63. The second-order valence-electron chi connectivity index (χ2n) is 5.08. The predicted octanol–water partition coefficient (Wildman–Crippen LogP) is 2.90. The van der Waals surface area contributed by atoms with E-state index in [-0.39, 0.29) is 12.4 Å². The first-order valence-corrected chi connectivity index (χ1v) is 7.68. The van der Waals surface area contributed by atoms with Crippen LogP contribution in [0.4, 0.5) is 33.6 Å². The third-order valence-corrected chi connectivity index (χ3v) is 3.16. The number of aliphatic hydroxyl groups excluding tert-OH is 1. The number of benzene rings is 2. The molecule has 3 aromatic rings. The standard InChI is InChI=1S/C17H17FN6O/c18-12-6-8-14(9-7-12)21-17-23-15(19-10-11-25)22-16(24-17)20-13-4-2-1-3-5-13/h1-9,25H,10-11H2,(H3,19,20,21,22,23,24). The van der Waals surface area contributed by atoms with Crippen LogP contribution in [0.1, 0.15) is 0 Å². The van der Waals surface area contributed by atoms with Gasteiger partial charge < -0.3 is 21.1 Å². The van der Waals surface area contributed by atoms with Gasteiger partial charge in [-0.15, -0.1) is 0 Å². The lowest BCUT2D eigenvalue weighted by molar-refractivity contribution is 0.311. The van der Waals surface area contributed by atoms with Crippen molar-refractivity contribution in [2.75, 3.05) is 29.1 Å². The Bertz CT molecular complexity index is 813. The van der Waals surface area contributed by atoms with Gasteiger partial charge in [-0.25, -0.2) is 4.39 Å². The summed E-state index contributed by atoms with van der Waals surface area (Å²) < 4.78 is 13.0. The maximum absolute atomic E-state index is 13.0. The highest BCUT2D eigenvalue weighted by Crippen LogP contribution is 2.18. The number of rotatable bonds is 7. The van der Waals surface area contributed by atoms with Gasteiger partial charge >= 0.3 is 0 Å². The monoisotopic (exact) mass is 340 g/mol. The third kappa shape index (κ3) is 4.85. The van der Waals surface area contributed by atoms with E-state index in [0.717, 1.165) is 5.69 Å². The summed E-state index contributed by atoms with van der Waals surface area (Å²) in [4.78, 5) is 12.8. The molecule has 0 bridgehead atoms. The number of hydrogen-bond donors (Lipinski definition) is 4. The quantitative estimate of drug-likeness (QED) is 0.525. The number of nitrogens with zero attached hydrogens (tertiary/aromatic N) is 3. The number of halogens is 1. The highest BCUT2D eigenvalue weighted by Gasteiger charge is 2.07. The van der Waals surface area contributed by atoms with Gasteiger partial charge in [-0.2, -0.15) is 15.0 Å². The first-order chi connectivity index (χ1) is 12.2. The van der Waals surface area contributed by atoms with E-state index in [9.17, 15) is 4.39 Å². The van der Waals surface area contributed by atoms with E-state index < -0.39 is 0 Å². The van der Waals surface area contributed by atoms with Gasteiger partial charge in [0.2, 0.25) is 17.8 Å². The van der Waals surface area contributed by atoms with E-state index in [1.54, 1.807) is 12.1 Å². The number of aromatic nitrogens is 3. The van der Waals surface area contributed by atoms with Gasteiger partial charge in [0.25, 0.3) is 0 Å². The van der Waals surface area contributed by atoms with Crippen LogP contribution in [0.3, 0.4) is 0 Å². The first-order valence-electron chi connectivity index (χ1n) is 7.68. The summed E-state index contributed by atoms with van der Waals surface area (Å²) in [6, 6.07) is 15.3. The van der Waals surface area contributed by atoms with Gasteiger partial charge in [0, 0.05) is 17.9 Å². The lowest BCUT2D eigenvalue weighted by Gasteiger charge is -2.11. The Labute approximate surface area is 144 Å². The molecule has 0 unspecified atom stereocenters. The number of para-hydroxylation sites is 1. The zero-order chi connectivity index (χ0) is 17.5. The van der Waals surface area contributed by atoms with Gasteiger partial charge in [-0.1, -0.05) is 18.2 Å². The minimum Gasteiger partial charge on any atom is -0.395 e. The van der Waals surface area contributed by atoms with Gasteiger partial charge in [-0.3, -0.25) is 0 Å². The first kappa shape index (κ1) is 16.6. The summed E-state index contributed by atoms with van der Waals surface area (Å²) in [5, 5.41) is 18.0. The lowest BCUT2D eigenvalue weighted by Crippen LogP contribution is -2.12. The van der Waals surface area contributed by atoms with Crippen molar-refractivity contribution >= 4 is 29.2 Å². The maximum atomic E-state index is 13.0. The fourth-order valence-electron chi connectivity index (χ4n) is 2.05. The molecule has 0 aliphatic heterocycles. The minimum absolute atomic E-state index is 0.0478. The van der Waals surface area contributed by atoms with E-state index in [0.29, 0.717) is 30.1 Å². The summed E-state index contributed by atoms with van der Waals surface area (Å²) in [6.45, 7) is 0.263. The molecular weight excluding hydrogens is 323 g/mol. The van der Waals surface area contributed by atoms with Crippen molar-refractivity contribution in [2.45, 2.75) is 0 Å². The van der Waals surface area contributed by atoms with Crippen LogP contribution in [-0.4, -0.2) is 33.2 Å². The highest BCUT2D eigenvalue weighted by molar-refractivity contribution is 5.59. The van der Waals surface area contributed by atoms with Crippen LogP contribution in [-0.2, 0) is 0 Å². The van der Waals surface area contributed by atoms with Gasteiger partial charge in [0.15, 0.2) is 0 Å². The Kier molecular flexibility index (Phi) is 5.32. The predicted molar refractivity (Wildman–Crippen MR) is 94.8 cm³/mol. The number of hydrogen-bond acceptors (Lipinski definition) is 7. The van der Waals surface area contributed by atoms with Gasteiger partial charge in [-0.05, 0) is 36.4 Å². The average molecular weight is 340 g/mol. The Morgan fingerprint density at radius 1 is 0.760 bits per heavy atom. The molecule has 1 aromatic heterocycles. The minimum atomic E-state index is -0.321. The molecule has 25 heavy (non-hydrogen) atoms. The van der Waals surface area contributed by atoms with Crippen molar-refractivity contribution in [2.24, 2.45) is 0 Å². The highest BCUT2D eigenvalue weighted by atomic mass is 19.1. The molecule has 0 radical (unpaired) electrons. The summed E-state index contributed by atoms with van der Waals surface area (Å²) in [5.41, 5.74) is 1.47. The molecule has 0 amide bonds. The Morgan fingerprint density at radius 2 is 1.32 bits per heavy atom. The van der Waals surface area contributed by atoms with Crippen molar-refractivity contribution < 1.29 is 9.50 Å². The molecule has 3 rings (SSSR count). The van der Waals surface area contributed by atoms with Gasteiger partial charge in [0.1, 0.15) is 5.82 Å². The largest absolute Gasteiger partial charge is 0.395 e. The second-order valence-corrected chi connectivity index (χ2v) is 5.08. The third-order valence-electron chi connectivity index (χ3n) is 3.16. The van der Waals surface area contributed by atoms with Crippen molar-refractivity contribution in [1.82, 2.24) is 15.0 Å². The fraction of sp³-hybridized carbons (Fsp3) is 0.118. The molecule has 0 spiro atoms. The summed E-state index contributed by atoms with van der Waals surface area (Å²) >= 11 is 0. The topological polar surface area (TPSA) is 95.0 Å². The molecule has 0 saturated carbocycles. The molecule has 7 nitrogen and oxygen atoms in total. The summed E-state index contributed by atoms with van der Waals surface area (Å²) in [7, 11) is 0. The van der Waals surface area contributed by atoms with Crippen molar-refractivity contribution in [3.63, 3.8) is 0 Å². The normalized spacial score (nSPS) is 10.3.